The molecule has 1 heterocycles. The molecule has 0 spiro atoms. The van der Waals surface area contributed by atoms with E-state index in [9.17, 15) is 14.4 Å². The fraction of sp³-hybridized carbons (Fsp3) is 0.400. The molecule has 1 saturated heterocycles. The van der Waals surface area contributed by atoms with E-state index < -0.39 is 23.8 Å². The lowest BCUT2D eigenvalue weighted by atomic mass is 9.95. The highest BCUT2D eigenvalue weighted by Gasteiger charge is 2.38. The second kappa shape index (κ2) is 6.55. The third kappa shape index (κ3) is 3.05. The maximum atomic E-state index is 12.1. The minimum Gasteiger partial charge on any atom is -0.493 e. The van der Waals surface area contributed by atoms with E-state index in [2.05, 4.69) is 5.32 Å². The zero-order valence-electron chi connectivity index (χ0n) is 13.3. The first-order chi connectivity index (χ1) is 10.9. The van der Waals surface area contributed by atoms with Crippen LogP contribution in [0, 0.1) is 5.92 Å². The van der Waals surface area contributed by atoms with Crippen molar-refractivity contribution in [2.75, 3.05) is 28.4 Å². The number of ether oxygens (including phenoxy) is 3. The average Bonchev–Trinajstić information content (AvgIpc) is 2.55. The van der Waals surface area contributed by atoms with Gasteiger partial charge < -0.3 is 14.2 Å². The number of hydrogen-bond donors (Lipinski definition) is 1. The normalized spacial score (nSPS) is 17.8. The number of barbiturate groups is 1. The number of benzene rings is 1. The molecule has 8 heteroatoms. The minimum atomic E-state index is -0.986. The summed E-state index contributed by atoms with van der Waals surface area (Å²) in [6, 6.07) is 2.61. The predicted molar refractivity (Wildman–Crippen MR) is 79.6 cm³/mol. The summed E-state index contributed by atoms with van der Waals surface area (Å²) in [6.45, 7) is 0. The van der Waals surface area contributed by atoms with E-state index in [4.69, 9.17) is 14.2 Å². The molecular weight excluding hydrogens is 304 g/mol. The van der Waals surface area contributed by atoms with Crippen LogP contribution in [0.15, 0.2) is 12.1 Å². The van der Waals surface area contributed by atoms with Crippen molar-refractivity contribution >= 4 is 17.8 Å². The van der Waals surface area contributed by atoms with Crippen LogP contribution in [0.5, 0.6) is 17.2 Å². The molecule has 1 fully saturated rings. The molecule has 0 aliphatic carbocycles. The quantitative estimate of drug-likeness (QED) is 0.797. The molecule has 1 aromatic rings. The van der Waals surface area contributed by atoms with Gasteiger partial charge in [0, 0.05) is 7.05 Å². The molecule has 0 bridgehead atoms. The molecule has 1 N–H and O–H groups in total. The Morgan fingerprint density at radius 3 is 2.09 bits per heavy atom. The number of methoxy groups -OCH3 is 3. The fourth-order valence-electron chi connectivity index (χ4n) is 2.39. The third-order valence-corrected chi connectivity index (χ3v) is 3.64. The van der Waals surface area contributed by atoms with Crippen LogP contribution in [0.1, 0.15) is 5.56 Å². The van der Waals surface area contributed by atoms with Gasteiger partial charge in [0.15, 0.2) is 11.5 Å². The monoisotopic (exact) mass is 322 g/mol. The van der Waals surface area contributed by atoms with E-state index in [-0.39, 0.29) is 6.42 Å². The number of carbonyl (C=O) groups is 3. The number of nitrogens with zero attached hydrogens (tertiary/aromatic N) is 1. The number of urea groups is 1. The summed E-state index contributed by atoms with van der Waals surface area (Å²) >= 11 is 0. The first-order valence-corrected chi connectivity index (χ1v) is 6.84. The van der Waals surface area contributed by atoms with Crippen LogP contribution in [-0.2, 0) is 16.0 Å². The van der Waals surface area contributed by atoms with Crippen molar-refractivity contribution in [2.45, 2.75) is 6.42 Å². The first kappa shape index (κ1) is 16.6. The maximum absolute atomic E-state index is 12.1. The average molecular weight is 322 g/mol. The van der Waals surface area contributed by atoms with E-state index in [1.807, 2.05) is 0 Å². The molecule has 1 aromatic carbocycles. The van der Waals surface area contributed by atoms with Gasteiger partial charge in [0.05, 0.1) is 21.3 Å². The number of rotatable bonds is 5. The summed E-state index contributed by atoms with van der Waals surface area (Å²) in [6.07, 6.45) is 0.110. The summed E-state index contributed by atoms with van der Waals surface area (Å²) < 4.78 is 15.7. The van der Waals surface area contributed by atoms with E-state index in [1.54, 1.807) is 12.1 Å². The largest absolute Gasteiger partial charge is 0.493 e. The zero-order valence-corrected chi connectivity index (χ0v) is 13.3. The number of nitrogens with one attached hydrogen (secondary N) is 1. The Hall–Kier alpha value is -2.77. The van der Waals surface area contributed by atoms with Gasteiger partial charge in [-0.1, -0.05) is 0 Å². The Bertz CT molecular complexity index is 632. The van der Waals surface area contributed by atoms with Crippen molar-refractivity contribution < 1.29 is 28.6 Å². The molecule has 1 atom stereocenters. The maximum Gasteiger partial charge on any atom is 0.330 e. The highest BCUT2D eigenvalue weighted by Crippen LogP contribution is 2.38. The molecule has 124 valence electrons. The topological polar surface area (TPSA) is 94.2 Å². The summed E-state index contributed by atoms with van der Waals surface area (Å²) in [5, 5.41) is 2.15. The highest BCUT2D eigenvalue weighted by atomic mass is 16.5. The van der Waals surface area contributed by atoms with E-state index in [1.165, 1.54) is 28.4 Å². The Labute approximate surface area is 133 Å². The molecule has 2 rings (SSSR count). The van der Waals surface area contributed by atoms with Crippen molar-refractivity contribution in [1.29, 1.82) is 0 Å². The Kier molecular flexibility index (Phi) is 4.73. The molecule has 8 nitrogen and oxygen atoms in total. The Morgan fingerprint density at radius 2 is 1.61 bits per heavy atom. The predicted octanol–water partition coefficient (Wildman–Crippen LogP) is 0.579. The Balaban J connectivity index is 2.34. The van der Waals surface area contributed by atoms with E-state index >= 15 is 0 Å². The summed E-state index contributed by atoms with van der Waals surface area (Å²) in [4.78, 5) is 36.4. The van der Waals surface area contributed by atoms with Crippen LogP contribution >= 0.6 is 0 Å². The summed E-state index contributed by atoms with van der Waals surface area (Å²) in [7, 11) is 5.77. The van der Waals surface area contributed by atoms with Gasteiger partial charge in [-0.2, -0.15) is 0 Å². The second-order valence-electron chi connectivity index (χ2n) is 4.98. The van der Waals surface area contributed by atoms with E-state index in [0.29, 0.717) is 22.8 Å². The van der Waals surface area contributed by atoms with Gasteiger partial charge in [-0.05, 0) is 24.1 Å². The number of imide groups is 2. The third-order valence-electron chi connectivity index (χ3n) is 3.64. The molecule has 1 aliphatic heterocycles. The number of hydrogen-bond acceptors (Lipinski definition) is 6. The number of amides is 4. The van der Waals surface area contributed by atoms with Crippen LogP contribution < -0.4 is 19.5 Å². The summed E-state index contributed by atoms with van der Waals surface area (Å²) in [5.74, 6) is -0.879. The molecule has 0 radical (unpaired) electrons. The van der Waals surface area contributed by atoms with E-state index in [0.717, 1.165) is 4.90 Å². The van der Waals surface area contributed by atoms with Crippen molar-refractivity contribution in [2.24, 2.45) is 5.92 Å². The van der Waals surface area contributed by atoms with Crippen molar-refractivity contribution in [3.05, 3.63) is 17.7 Å². The molecule has 0 aromatic heterocycles. The summed E-state index contributed by atoms with van der Waals surface area (Å²) in [5.41, 5.74) is 0.649. The van der Waals surface area contributed by atoms with Gasteiger partial charge in [-0.25, -0.2) is 4.79 Å². The molecule has 1 aliphatic rings. The van der Waals surface area contributed by atoms with Gasteiger partial charge >= 0.3 is 6.03 Å². The minimum absolute atomic E-state index is 0.110. The van der Waals surface area contributed by atoms with Crippen molar-refractivity contribution in [3.8, 4) is 17.2 Å². The lowest BCUT2D eigenvalue weighted by Crippen LogP contribution is -2.56. The van der Waals surface area contributed by atoms with Crippen LogP contribution in [0.25, 0.3) is 0 Å². The van der Waals surface area contributed by atoms with Gasteiger partial charge in [-0.15, -0.1) is 0 Å². The van der Waals surface area contributed by atoms with Crippen LogP contribution in [-0.4, -0.2) is 51.1 Å². The second-order valence-corrected chi connectivity index (χ2v) is 4.98. The van der Waals surface area contributed by atoms with Gasteiger partial charge in [-0.3, -0.25) is 19.8 Å². The lowest BCUT2D eigenvalue weighted by molar-refractivity contribution is -0.141. The number of carbonyl (C=O) groups excluding carboxylic acids is 3. The molecular formula is C15H18N2O6. The van der Waals surface area contributed by atoms with Gasteiger partial charge in [0.25, 0.3) is 0 Å². The first-order valence-electron chi connectivity index (χ1n) is 6.84. The highest BCUT2D eigenvalue weighted by molar-refractivity contribution is 6.16. The molecule has 1 unspecified atom stereocenters. The zero-order chi connectivity index (χ0) is 17.1. The fourth-order valence-corrected chi connectivity index (χ4v) is 2.39. The molecule has 0 saturated carbocycles. The Morgan fingerprint density at radius 1 is 1.04 bits per heavy atom. The van der Waals surface area contributed by atoms with Gasteiger partial charge in [0.2, 0.25) is 17.6 Å². The standard InChI is InChI=1S/C15H18N2O6/c1-17-14(19)9(13(18)16-15(17)20)5-8-6-10(21-2)12(23-4)11(7-8)22-3/h6-7,9H,5H2,1-4H3,(H,16,18,20). The van der Waals surface area contributed by atoms with Gasteiger partial charge in [0.1, 0.15) is 5.92 Å². The van der Waals surface area contributed by atoms with Crippen molar-refractivity contribution in [1.82, 2.24) is 10.2 Å². The lowest BCUT2D eigenvalue weighted by Gasteiger charge is -2.27. The smallest absolute Gasteiger partial charge is 0.330 e. The van der Waals surface area contributed by atoms with Crippen LogP contribution in [0.4, 0.5) is 4.79 Å². The SMILES string of the molecule is COc1cc(CC2C(=O)NC(=O)N(C)C2=O)cc(OC)c1OC. The van der Waals surface area contributed by atoms with Crippen molar-refractivity contribution in [3.63, 3.8) is 0 Å². The molecule has 23 heavy (non-hydrogen) atoms. The van der Waals surface area contributed by atoms with Crippen LogP contribution in [0.2, 0.25) is 0 Å². The molecule has 4 amide bonds. The van der Waals surface area contributed by atoms with Crippen LogP contribution in [0.3, 0.4) is 0 Å².